The zero-order chi connectivity index (χ0) is 19.7. The molecule has 2 heterocycles. The molecule has 0 aliphatic carbocycles. The van der Waals surface area contributed by atoms with E-state index < -0.39 is 0 Å². The second-order valence-electron chi connectivity index (χ2n) is 7.14. The first-order chi connectivity index (χ1) is 13.5. The molecule has 3 aromatic rings. The van der Waals surface area contributed by atoms with Gasteiger partial charge >= 0.3 is 0 Å². The molecule has 4 rings (SSSR count). The number of rotatable bonds is 3. The highest BCUT2D eigenvalue weighted by molar-refractivity contribution is 6.02. The van der Waals surface area contributed by atoms with Crippen molar-refractivity contribution in [2.45, 2.75) is 19.9 Å². The molecule has 1 aromatic heterocycles. The molecule has 2 amide bonds. The minimum atomic E-state index is -0.124. The zero-order valence-corrected chi connectivity index (χ0v) is 15.9. The number of hydrogen-bond donors (Lipinski definition) is 0. The van der Waals surface area contributed by atoms with Gasteiger partial charge in [0.25, 0.3) is 5.91 Å². The fraction of sp³-hybridized carbons (Fsp3) is 0.227. The second-order valence-corrected chi connectivity index (χ2v) is 7.14. The van der Waals surface area contributed by atoms with Crippen molar-refractivity contribution in [3.05, 3.63) is 78.4 Å². The van der Waals surface area contributed by atoms with Crippen LogP contribution < -0.4 is 4.90 Å². The van der Waals surface area contributed by atoms with Gasteiger partial charge in [0.2, 0.25) is 5.91 Å². The lowest BCUT2D eigenvalue weighted by Crippen LogP contribution is -2.57. The highest BCUT2D eigenvalue weighted by Gasteiger charge is 2.33. The summed E-state index contributed by atoms with van der Waals surface area (Å²) in [5.74, 6) is -0.188. The van der Waals surface area contributed by atoms with Crippen LogP contribution in [0.1, 0.15) is 22.8 Å². The number of carbonyl (C=O) groups excluding carboxylic acids is 2. The van der Waals surface area contributed by atoms with Crippen molar-refractivity contribution in [3.63, 3.8) is 0 Å². The molecular formula is C22H22N4O2. The normalized spacial score (nSPS) is 17.1. The zero-order valence-electron chi connectivity index (χ0n) is 15.9. The summed E-state index contributed by atoms with van der Waals surface area (Å²) < 4.78 is 1.88. The summed E-state index contributed by atoms with van der Waals surface area (Å²) in [5, 5.41) is 0. The minimum absolute atomic E-state index is 0.0645. The fourth-order valence-corrected chi connectivity index (χ4v) is 3.45. The Hall–Kier alpha value is -3.41. The van der Waals surface area contributed by atoms with E-state index in [1.807, 2.05) is 61.0 Å². The van der Waals surface area contributed by atoms with Crippen LogP contribution in [0.5, 0.6) is 0 Å². The average Bonchev–Trinajstić information content (AvgIpc) is 3.25. The van der Waals surface area contributed by atoms with Gasteiger partial charge in [-0.15, -0.1) is 0 Å². The van der Waals surface area contributed by atoms with Gasteiger partial charge in [-0.25, -0.2) is 4.98 Å². The number of anilines is 1. The molecule has 2 aromatic carbocycles. The molecule has 0 radical (unpaired) electrons. The van der Waals surface area contributed by atoms with Gasteiger partial charge in [0.1, 0.15) is 6.54 Å². The molecule has 0 spiro atoms. The Labute approximate surface area is 164 Å². The molecule has 1 atom stereocenters. The van der Waals surface area contributed by atoms with Crippen LogP contribution in [0.2, 0.25) is 0 Å². The highest BCUT2D eigenvalue weighted by atomic mass is 16.2. The van der Waals surface area contributed by atoms with E-state index in [1.54, 1.807) is 34.5 Å². The maximum atomic E-state index is 13.0. The Morgan fingerprint density at radius 2 is 1.71 bits per heavy atom. The van der Waals surface area contributed by atoms with E-state index in [-0.39, 0.29) is 24.4 Å². The summed E-state index contributed by atoms with van der Waals surface area (Å²) in [6, 6.07) is 15.2. The third-order valence-electron chi connectivity index (χ3n) is 5.11. The predicted octanol–water partition coefficient (Wildman–Crippen LogP) is 3.06. The number of piperazine rings is 1. The van der Waals surface area contributed by atoms with Crippen molar-refractivity contribution < 1.29 is 9.59 Å². The molecule has 6 heteroatoms. The standard InChI is InChI=1S/C22H22N4O2/c1-16-3-7-20(8-4-16)26-13-17(2)25(14-21(26)27)22(28)18-5-9-19(10-6-18)24-12-11-23-15-24/h3-12,15,17H,13-14H2,1-2H3/t17-/m1/s1. The third kappa shape index (κ3) is 3.41. The van der Waals surface area contributed by atoms with E-state index in [4.69, 9.17) is 0 Å². The van der Waals surface area contributed by atoms with Gasteiger partial charge in [-0.05, 0) is 50.2 Å². The number of aryl methyl sites for hydroxylation is 1. The van der Waals surface area contributed by atoms with Crippen molar-refractivity contribution in [1.29, 1.82) is 0 Å². The molecule has 1 aliphatic rings. The molecular weight excluding hydrogens is 352 g/mol. The van der Waals surface area contributed by atoms with E-state index in [2.05, 4.69) is 4.98 Å². The molecule has 28 heavy (non-hydrogen) atoms. The predicted molar refractivity (Wildman–Crippen MR) is 108 cm³/mol. The number of benzene rings is 2. The fourth-order valence-electron chi connectivity index (χ4n) is 3.45. The third-order valence-corrected chi connectivity index (χ3v) is 5.11. The van der Waals surface area contributed by atoms with Crippen molar-refractivity contribution in [2.75, 3.05) is 18.0 Å². The summed E-state index contributed by atoms with van der Waals surface area (Å²) in [6.45, 7) is 4.56. The van der Waals surface area contributed by atoms with Crippen molar-refractivity contribution >= 4 is 17.5 Å². The van der Waals surface area contributed by atoms with Gasteiger partial charge in [0.15, 0.2) is 0 Å². The van der Waals surface area contributed by atoms with Crippen molar-refractivity contribution in [3.8, 4) is 5.69 Å². The molecule has 6 nitrogen and oxygen atoms in total. The van der Waals surface area contributed by atoms with Gasteiger partial charge in [0.05, 0.1) is 6.33 Å². The molecule has 1 saturated heterocycles. The molecule has 142 valence electrons. The number of hydrogen-bond acceptors (Lipinski definition) is 3. The first-order valence-corrected chi connectivity index (χ1v) is 9.29. The first kappa shape index (κ1) is 18.0. The van der Waals surface area contributed by atoms with E-state index >= 15 is 0 Å². The van der Waals surface area contributed by atoms with Crippen LogP contribution in [0.15, 0.2) is 67.3 Å². The quantitative estimate of drug-likeness (QED) is 0.708. The number of carbonyl (C=O) groups is 2. The maximum Gasteiger partial charge on any atom is 0.254 e. The monoisotopic (exact) mass is 374 g/mol. The Morgan fingerprint density at radius 1 is 1.04 bits per heavy atom. The number of amides is 2. The molecule has 1 aliphatic heterocycles. The molecule has 0 N–H and O–H groups in total. The maximum absolute atomic E-state index is 13.0. The van der Waals surface area contributed by atoms with Gasteiger partial charge < -0.3 is 14.4 Å². The van der Waals surface area contributed by atoms with Gasteiger partial charge in [-0.1, -0.05) is 17.7 Å². The summed E-state index contributed by atoms with van der Waals surface area (Å²) in [6.07, 6.45) is 5.27. The van der Waals surface area contributed by atoms with Crippen LogP contribution in [-0.4, -0.2) is 45.4 Å². The van der Waals surface area contributed by atoms with E-state index in [0.717, 1.165) is 16.9 Å². The molecule has 0 saturated carbocycles. The van der Waals surface area contributed by atoms with Crippen molar-refractivity contribution in [1.82, 2.24) is 14.5 Å². The summed E-state index contributed by atoms with van der Waals surface area (Å²) in [7, 11) is 0. The summed E-state index contributed by atoms with van der Waals surface area (Å²) >= 11 is 0. The van der Waals surface area contributed by atoms with Crippen LogP contribution in [-0.2, 0) is 4.79 Å². The smallest absolute Gasteiger partial charge is 0.254 e. The average molecular weight is 374 g/mol. The lowest BCUT2D eigenvalue weighted by molar-refractivity contribution is -0.121. The van der Waals surface area contributed by atoms with E-state index in [1.165, 1.54) is 0 Å². The van der Waals surface area contributed by atoms with Crippen LogP contribution in [0, 0.1) is 6.92 Å². The van der Waals surface area contributed by atoms with Crippen LogP contribution >= 0.6 is 0 Å². The van der Waals surface area contributed by atoms with Crippen LogP contribution in [0.3, 0.4) is 0 Å². The number of aromatic nitrogens is 2. The molecule has 1 fully saturated rings. The summed E-state index contributed by atoms with van der Waals surface area (Å²) in [4.78, 5) is 33.1. The van der Waals surface area contributed by atoms with Gasteiger partial charge in [-0.3, -0.25) is 9.59 Å². The first-order valence-electron chi connectivity index (χ1n) is 9.29. The van der Waals surface area contributed by atoms with E-state index in [0.29, 0.717) is 12.1 Å². The van der Waals surface area contributed by atoms with Gasteiger partial charge in [-0.2, -0.15) is 0 Å². The largest absolute Gasteiger partial charge is 0.325 e. The Balaban J connectivity index is 1.49. The number of imidazole rings is 1. The molecule has 0 bridgehead atoms. The molecule has 0 unspecified atom stereocenters. The SMILES string of the molecule is Cc1ccc(N2C[C@@H](C)N(C(=O)c3ccc(-n4ccnc4)cc3)CC2=O)cc1. The summed E-state index contributed by atoms with van der Waals surface area (Å²) in [5.41, 5.74) is 3.53. The number of nitrogens with zero attached hydrogens (tertiary/aromatic N) is 4. The lowest BCUT2D eigenvalue weighted by atomic mass is 10.1. The minimum Gasteiger partial charge on any atom is -0.325 e. The van der Waals surface area contributed by atoms with Crippen LogP contribution in [0.4, 0.5) is 5.69 Å². The Bertz CT molecular complexity index is 978. The van der Waals surface area contributed by atoms with Crippen LogP contribution in [0.25, 0.3) is 5.69 Å². The van der Waals surface area contributed by atoms with Gasteiger partial charge in [0, 0.05) is 41.9 Å². The second kappa shape index (κ2) is 7.31. The lowest BCUT2D eigenvalue weighted by Gasteiger charge is -2.39. The topological polar surface area (TPSA) is 58.4 Å². The van der Waals surface area contributed by atoms with E-state index in [9.17, 15) is 9.59 Å². The highest BCUT2D eigenvalue weighted by Crippen LogP contribution is 2.22. The Kier molecular flexibility index (Phi) is 4.69. The Morgan fingerprint density at radius 3 is 2.36 bits per heavy atom. The van der Waals surface area contributed by atoms with Crippen molar-refractivity contribution in [2.24, 2.45) is 0 Å².